The van der Waals surface area contributed by atoms with Crippen LogP contribution >= 0.6 is 0 Å². The van der Waals surface area contributed by atoms with Gasteiger partial charge in [-0.05, 0) is 31.2 Å². The number of aryl methyl sites for hydroxylation is 1. The van der Waals surface area contributed by atoms with Gasteiger partial charge in [0.2, 0.25) is 5.91 Å². The summed E-state index contributed by atoms with van der Waals surface area (Å²) in [6.45, 7) is 4.62. The first-order chi connectivity index (χ1) is 14.7. The molecule has 31 heavy (non-hydrogen) atoms. The Labute approximate surface area is 181 Å². The van der Waals surface area contributed by atoms with Crippen LogP contribution in [0.5, 0.6) is 0 Å². The van der Waals surface area contributed by atoms with Crippen LogP contribution in [0.3, 0.4) is 0 Å². The van der Waals surface area contributed by atoms with E-state index in [1.54, 1.807) is 26.0 Å². The number of carbonyl (C=O) groups is 5. The molecule has 0 radical (unpaired) electrons. The highest BCUT2D eigenvalue weighted by atomic mass is 16.5. The van der Waals surface area contributed by atoms with Crippen molar-refractivity contribution in [2.24, 2.45) is 0 Å². The number of esters is 1. The van der Waals surface area contributed by atoms with Gasteiger partial charge in [0.25, 0.3) is 5.91 Å². The molecule has 4 amide bonds. The van der Waals surface area contributed by atoms with Gasteiger partial charge in [-0.2, -0.15) is 0 Å². The Morgan fingerprint density at radius 1 is 1.10 bits per heavy atom. The third-order valence-corrected chi connectivity index (χ3v) is 5.40. The molecule has 2 rings (SSSR count). The van der Waals surface area contributed by atoms with E-state index in [-0.39, 0.29) is 11.7 Å². The monoisotopic (exact) mass is 431 g/mol. The average molecular weight is 431 g/mol. The highest BCUT2D eigenvalue weighted by Gasteiger charge is 2.49. The van der Waals surface area contributed by atoms with Crippen LogP contribution in [0.4, 0.5) is 4.79 Å². The number of ketones is 1. The second kappa shape index (κ2) is 10.7. The van der Waals surface area contributed by atoms with Gasteiger partial charge in [-0.15, -0.1) is 0 Å². The number of amides is 4. The highest BCUT2D eigenvalue weighted by Crippen LogP contribution is 2.24. The second-order valence-electron chi connectivity index (χ2n) is 7.48. The maximum absolute atomic E-state index is 12.5. The van der Waals surface area contributed by atoms with Crippen molar-refractivity contribution in [1.29, 1.82) is 0 Å². The van der Waals surface area contributed by atoms with E-state index in [1.165, 1.54) is 6.92 Å². The third kappa shape index (κ3) is 6.13. The first-order valence-corrected chi connectivity index (χ1v) is 10.4. The smallest absolute Gasteiger partial charge is 0.326 e. The van der Waals surface area contributed by atoms with Crippen LogP contribution in [0, 0.1) is 0 Å². The van der Waals surface area contributed by atoms with Gasteiger partial charge in [0.05, 0.1) is 0 Å². The first-order valence-electron chi connectivity index (χ1n) is 10.4. The van der Waals surface area contributed by atoms with Gasteiger partial charge in [-0.1, -0.05) is 38.1 Å². The molecular weight excluding hydrogens is 402 g/mol. The highest BCUT2D eigenvalue weighted by molar-refractivity contribution is 6.08. The van der Waals surface area contributed by atoms with E-state index in [9.17, 15) is 24.0 Å². The Morgan fingerprint density at radius 3 is 2.29 bits per heavy atom. The molecule has 168 valence electrons. The lowest BCUT2D eigenvalue weighted by atomic mass is 9.93. The minimum absolute atomic E-state index is 0.0692. The van der Waals surface area contributed by atoms with Crippen molar-refractivity contribution < 1.29 is 28.7 Å². The van der Waals surface area contributed by atoms with Crippen LogP contribution in [-0.4, -0.2) is 59.7 Å². The summed E-state index contributed by atoms with van der Waals surface area (Å²) in [7, 11) is 0. The third-order valence-electron chi connectivity index (χ3n) is 5.40. The fourth-order valence-electron chi connectivity index (χ4n) is 3.37. The van der Waals surface area contributed by atoms with Gasteiger partial charge in [0.1, 0.15) is 12.1 Å². The number of rotatable bonds is 11. The summed E-state index contributed by atoms with van der Waals surface area (Å²) in [5.41, 5.74) is 0.425. The molecule has 9 heteroatoms. The summed E-state index contributed by atoms with van der Waals surface area (Å²) < 4.78 is 4.98. The number of imide groups is 1. The van der Waals surface area contributed by atoms with Crippen molar-refractivity contribution in [3.05, 3.63) is 35.4 Å². The predicted molar refractivity (Wildman–Crippen MR) is 112 cm³/mol. The van der Waals surface area contributed by atoms with Crippen LogP contribution in [0.1, 0.15) is 56.0 Å². The summed E-state index contributed by atoms with van der Waals surface area (Å²) in [6.07, 6.45) is 2.37. The molecule has 1 aliphatic heterocycles. The molecule has 1 saturated heterocycles. The molecule has 0 aromatic heterocycles. The van der Waals surface area contributed by atoms with Crippen molar-refractivity contribution in [2.75, 3.05) is 19.7 Å². The van der Waals surface area contributed by atoms with E-state index < -0.39 is 36.6 Å². The molecule has 9 nitrogen and oxygen atoms in total. The van der Waals surface area contributed by atoms with E-state index >= 15 is 0 Å². The normalized spacial score (nSPS) is 14.9. The lowest BCUT2D eigenvalue weighted by molar-refractivity contribution is -0.146. The summed E-state index contributed by atoms with van der Waals surface area (Å²) in [5.74, 6) is -1.73. The zero-order chi connectivity index (χ0) is 23.0. The van der Waals surface area contributed by atoms with Crippen molar-refractivity contribution in [2.45, 2.75) is 52.0 Å². The Morgan fingerprint density at radius 2 is 1.74 bits per heavy atom. The molecule has 0 saturated carbocycles. The van der Waals surface area contributed by atoms with Gasteiger partial charge in [-0.25, -0.2) is 4.79 Å². The fraction of sp³-hybridized carbons (Fsp3) is 0.500. The number of urea groups is 1. The standard InChI is InChI=1S/C22H29N3O6/c1-4-22(5-2)20(29)25(21(30)24-22)13-19(28)31-14-18(27)17-10-8-16(9-11-17)7-6-12-23-15(3)26/h8-11H,4-7,12-14H2,1-3H3,(H,23,26)(H,24,30). The van der Waals surface area contributed by atoms with Crippen LogP contribution in [0.2, 0.25) is 0 Å². The minimum atomic E-state index is -0.989. The van der Waals surface area contributed by atoms with Crippen molar-refractivity contribution >= 4 is 29.6 Å². The van der Waals surface area contributed by atoms with E-state index in [4.69, 9.17) is 4.74 Å². The van der Waals surface area contributed by atoms with Crippen molar-refractivity contribution in [3.63, 3.8) is 0 Å². The molecular formula is C22H29N3O6. The fourth-order valence-corrected chi connectivity index (χ4v) is 3.37. The number of Topliss-reactive ketones (excluding diaryl/α,β-unsaturated/α-hetero) is 1. The van der Waals surface area contributed by atoms with Crippen molar-refractivity contribution in [1.82, 2.24) is 15.5 Å². The minimum Gasteiger partial charge on any atom is -0.456 e. The number of carbonyl (C=O) groups excluding carboxylic acids is 5. The summed E-state index contributed by atoms with van der Waals surface area (Å²) in [4.78, 5) is 60.6. The molecule has 1 aromatic carbocycles. The topological polar surface area (TPSA) is 122 Å². The molecule has 0 atom stereocenters. The second-order valence-corrected chi connectivity index (χ2v) is 7.48. The SMILES string of the molecule is CCC1(CC)NC(=O)N(CC(=O)OCC(=O)c2ccc(CCCNC(C)=O)cc2)C1=O. The van der Waals surface area contributed by atoms with Crippen LogP contribution in [0.15, 0.2) is 24.3 Å². The molecule has 0 unspecified atom stereocenters. The zero-order valence-corrected chi connectivity index (χ0v) is 18.2. The maximum atomic E-state index is 12.5. The van der Waals surface area contributed by atoms with E-state index in [0.29, 0.717) is 24.9 Å². The Kier molecular flexibility index (Phi) is 8.30. The van der Waals surface area contributed by atoms with Gasteiger partial charge in [0, 0.05) is 19.0 Å². The lowest BCUT2D eigenvalue weighted by Gasteiger charge is -2.22. The summed E-state index contributed by atoms with van der Waals surface area (Å²) >= 11 is 0. The van der Waals surface area contributed by atoms with Gasteiger partial charge < -0.3 is 15.4 Å². The molecule has 0 bridgehead atoms. The van der Waals surface area contributed by atoms with E-state index in [0.717, 1.165) is 23.3 Å². The molecule has 1 aliphatic rings. The molecule has 1 heterocycles. The van der Waals surface area contributed by atoms with Crippen LogP contribution < -0.4 is 10.6 Å². The van der Waals surface area contributed by atoms with Crippen LogP contribution in [-0.2, 0) is 25.5 Å². The molecule has 2 N–H and O–H groups in total. The Balaban J connectivity index is 1.81. The number of benzene rings is 1. The predicted octanol–water partition coefficient (Wildman–Crippen LogP) is 1.59. The Hall–Kier alpha value is -3.23. The number of nitrogens with zero attached hydrogens (tertiary/aromatic N) is 1. The molecule has 0 aliphatic carbocycles. The molecule has 0 spiro atoms. The lowest BCUT2D eigenvalue weighted by Crippen LogP contribution is -2.46. The number of hydrogen-bond donors (Lipinski definition) is 2. The number of ether oxygens (including phenoxy) is 1. The largest absolute Gasteiger partial charge is 0.456 e. The van der Waals surface area contributed by atoms with Crippen molar-refractivity contribution in [3.8, 4) is 0 Å². The van der Waals surface area contributed by atoms with Gasteiger partial charge in [0.15, 0.2) is 12.4 Å². The van der Waals surface area contributed by atoms with Crippen LogP contribution in [0.25, 0.3) is 0 Å². The molecule has 1 aromatic rings. The summed E-state index contributed by atoms with van der Waals surface area (Å²) in [6, 6.07) is 6.29. The molecule has 1 fully saturated rings. The number of hydrogen-bond acceptors (Lipinski definition) is 6. The van der Waals surface area contributed by atoms with Gasteiger partial charge in [-0.3, -0.25) is 24.1 Å². The van der Waals surface area contributed by atoms with E-state index in [1.807, 2.05) is 12.1 Å². The van der Waals surface area contributed by atoms with E-state index in [2.05, 4.69) is 10.6 Å². The Bertz CT molecular complexity index is 845. The first kappa shape index (κ1) is 24.0. The zero-order valence-electron chi connectivity index (χ0n) is 18.2. The quantitative estimate of drug-likeness (QED) is 0.237. The van der Waals surface area contributed by atoms with Gasteiger partial charge >= 0.3 is 12.0 Å². The average Bonchev–Trinajstić information content (AvgIpc) is 3.00. The number of nitrogens with one attached hydrogen (secondary N) is 2. The summed E-state index contributed by atoms with van der Waals surface area (Å²) in [5, 5.41) is 5.36. The maximum Gasteiger partial charge on any atom is 0.326 e.